The minimum Gasteiger partial charge on any atom is -0.462 e. The number of rotatable bonds is 52. The van der Waals surface area contributed by atoms with Crippen LogP contribution in [0.5, 0.6) is 0 Å². The number of carbonyl (C=O) groups is 3. The van der Waals surface area contributed by atoms with Gasteiger partial charge in [0.05, 0.1) is 0 Å². The predicted octanol–water partition coefficient (Wildman–Crippen LogP) is 18.9. The molecule has 0 amide bonds. The molecule has 0 unspecified atom stereocenters. The van der Waals surface area contributed by atoms with Crippen molar-refractivity contribution in [1.82, 2.24) is 0 Å². The number of hydrogen-bond donors (Lipinski definition) is 0. The molecule has 6 heteroatoms. The zero-order valence-electron chi connectivity index (χ0n) is 43.5. The van der Waals surface area contributed by atoms with Gasteiger partial charge >= 0.3 is 17.9 Å². The molecule has 0 aliphatic heterocycles. The van der Waals surface area contributed by atoms with Gasteiger partial charge in [0, 0.05) is 19.3 Å². The summed E-state index contributed by atoms with van der Waals surface area (Å²) in [6.45, 7) is 6.63. The second kappa shape index (κ2) is 54.2. The lowest BCUT2D eigenvalue weighted by Crippen LogP contribution is -2.30. The van der Waals surface area contributed by atoms with Crippen LogP contribution < -0.4 is 0 Å². The Bertz CT molecular complexity index is 1090. The van der Waals surface area contributed by atoms with Gasteiger partial charge in [-0.3, -0.25) is 14.4 Å². The largest absolute Gasteiger partial charge is 0.462 e. The number of esters is 3. The van der Waals surface area contributed by atoms with E-state index >= 15 is 0 Å². The van der Waals surface area contributed by atoms with E-state index in [-0.39, 0.29) is 31.1 Å². The van der Waals surface area contributed by atoms with Gasteiger partial charge in [0.25, 0.3) is 0 Å². The van der Waals surface area contributed by atoms with Gasteiger partial charge in [0.1, 0.15) is 13.2 Å². The number of carbonyl (C=O) groups excluding carboxylic acids is 3. The molecule has 0 aliphatic rings. The van der Waals surface area contributed by atoms with Crippen LogP contribution >= 0.6 is 0 Å². The van der Waals surface area contributed by atoms with Crippen LogP contribution in [0.25, 0.3) is 0 Å². The van der Waals surface area contributed by atoms with Crippen molar-refractivity contribution >= 4 is 17.9 Å². The van der Waals surface area contributed by atoms with Crippen molar-refractivity contribution < 1.29 is 28.6 Å². The highest BCUT2D eigenvalue weighted by atomic mass is 16.6. The van der Waals surface area contributed by atoms with E-state index in [2.05, 4.69) is 57.2 Å². The molecule has 0 aliphatic carbocycles. The van der Waals surface area contributed by atoms with Crippen molar-refractivity contribution in [2.45, 2.75) is 309 Å². The lowest BCUT2D eigenvalue weighted by molar-refractivity contribution is -0.167. The highest BCUT2D eigenvalue weighted by Crippen LogP contribution is 2.16. The molecule has 0 N–H and O–H groups in total. The smallest absolute Gasteiger partial charge is 0.306 e. The minimum absolute atomic E-state index is 0.0750. The summed E-state index contributed by atoms with van der Waals surface area (Å²) in [7, 11) is 0. The molecule has 1 atom stereocenters. The molecule has 0 aromatic heterocycles. The molecule has 0 aromatic carbocycles. The highest BCUT2D eigenvalue weighted by molar-refractivity contribution is 5.71. The molecule has 0 fully saturated rings. The Morgan fingerprint density at radius 3 is 0.892 bits per heavy atom. The Balaban J connectivity index is 4.34. The van der Waals surface area contributed by atoms with Gasteiger partial charge < -0.3 is 14.2 Å². The van der Waals surface area contributed by atoms with Gasteiger partial charge in [-0.1, -0.05) is 243 Å². The Kier molecular flexibility index (Phi) is 52.3. The van der Waals surface area contributed by atoms with E-state index in [4.69, 9.17) is 14.2 Å². The van der Waals surface area contributed by atoms with Gasteiger partial charge in [-0.25, -0.2) is 0 Å². The van der Waals surface area contributed by atoms with Crippen LogP contribution in [0, 0.1) is 0 Å². The standard InChI is InChI=1S/C59H108O6/c1-4-7-10-13-16-19-22-25-27-28-29-30-32-34-37-40-43-46-49-52-58(61)64-55-56(54-63-57(60)51-48-45-42-39-36-33-24-21-18-15-12-9-6-3)65-59(62)53-50-47-44-41-38-35-31-26-23-20-17-14-11-8-5-2/h17,20,25-27,31,56H,4-16,18-19,21-24,28-30,32-55H2,1-3H3/b20-17+,27-25+,31-26+/t56-/m1/s1. The molecular weight excluding hydrogens is 805 g/mol. The molecule has 0 saturated heterocycles. The van der Waals surface area contributed by atoms with Crippen LogP contribution in [0.2, 0.25) is 0 Å². The molecule has 0 spiro atoms. The number of unbranched alkanes of at least 4 members (excludes halogenated alkanes) is 35. The molecule has 0 rings (SSSR count). The molecule has 0 radical (unpaired) electrons. The van der Waals surface area contributed by atoms with Gasteiger partial charge in [-0.05, 0) is 77.0 Å². The van der Waals surface area contributed by atoms with Crippen LogP contribution in [0.4, 0.5) is 0 Å². The van der Waals surface area contributed by atoms with Crippen molar-refractivity contribution in [2.75, 3.05) is 13.2 Å². The molecule has 0 aromatic rings. The number of allylic oxidation sites excluding steroid dienone is 6. The third-order valence-electron chi connectivity index (χ3n) is 12.6. The second-order valence-corrected chi connectivity index (χ2v) is 19.2. The van der Waals surface area contributed by atoms with Gasteiger partial charge in [0.2, 0.25) is 0 Å². The molecule has 0 heterocycles. The maximum absolute atomic E-state index is 12.8. The Labute approximate surface area is 404 Å². The van der Waals surface area contributed by atoms with E-state index in [9.17, 15) is 14.4 Å². The zero-order valence-corrected chi connectivity index (χ0v) is 43.5. The van der Waals surface area contributed by atoms with Crippen LogP contribution in [0.3, 0.4) is 0 Å². The molecule has 6 nitrogen and oxygen atoms in total. The van der Waals surface area contributed by atoms with Gasteiger partial charge in [0.15, 0.2) is 6.10 Å². The first-order chi connectivity index (χ1) is 32.0. The van der Waals surface area contributed by atoms with E-state index in [1.807, 2.05) is 0 Å². The topological polar surface area (TPSA) is 78.9 Å². The third kappa shape index (κ3) is 52.5. The summed E-state index contributed by atoms with van der Waals surface area (Å²) in [5.74, 6) is -0.876. The predicted molar refractivity (Wildman–Crippen MR) is 279 cm³/mol. The summed E-state index contributed by atoms with van der Waals surface area (Å²) in [5.41, 5.74) is 0. The van der Waals surface area contributed by atoms with E-state index < -0.39 is 6.10 Å². The number of ether oxygens (including phenoxy) is 3. The van der Waals surface area contributed by atoms with Crippen LogP contribution in [0.15, 0.2) is 36.5 Å². The normalized spacial score (nSPS) is 12.2. The maximum atomic E-state index is 12.8. The first kappa shape index (κ1) is 62.6. The van der Waals surface area contributed by atoms with E-state index in [0.29, 0.717) is 19.3 Å². The van der Waals surface area contributed by atoms with Crippen molar-refractivity contribution in [3.8, 4) is 0 Å². The Morgan fingerprint density at radius 2 is 0.554 bits per heavy atom. The second-order valence-electron chi connectivity index (χ2n) is 19.2. The molecule has 0 saturated carbocycles. The van der Waals surface area contributed by atoms with E-state index in [0.717, 1.165) is 83.5 Å². The lowest BCUT2D eigenvalue weighted by Gasteiger charge is -2.18. The third-order valence-corrected chi connectivity index (χ3v) is 12.6. The summed E-state index contributed by atoms with van der Waals surface area (Å²) in [6.07, 6.45) is 64.1. The van der Waals surface area contributed by atoms with Crippen molar-refractivity contribution in [3.05, 3.63) is 36.5 Å². The minimum atomic E-state index is -0.777. The van der Waals surface area contributed by atoms with Gasteiger partial charge in [-0.2, -0.15) is 0 Å². The quantitative estimate of drug-likeness (QED) is 0.0262. The number of hydrogen-bond acceptors (Lipinski definition) is 6. The highest BCUT2D eigenvalue weighted by Gasteiger charge is 2.19. The van der Waals surface area contributed by atoms with Gasteiger partial charge in [-0.15, -0.1) is 0 Å². The average molecular weight is 914 g/mol. The van der Waals surface area contributed by atoms with Crippen molar-refractivity contribution in [1.29, 1.82) is 0 Å². The summed E-state index contributed by atoms with van der Waals surface area (Å²) in [4.78, 5) is 38.1. The fourth-order valence-corrected chi connectivity index (χ4v) is 8.29. The van der Waals surface area contributed by atoms with Crippen LogP contribution in [-0.2, 0) is 28.6 Å². The fraction of sp³-hybridized carbons (Fsp3) is 0.847. The summed E-state index contributed by atoms with van der Waals surface area (Å²) < 4.78 is 16.9. The van der Waals surface area contributed by atoms with Crippen molar-refractivity contribution in [2.24, 2.45) is 0 Å². The van der Waals surface area contributed by atoms with Crippen molar-refractivity contribution in [3.63, 3.8) is 0 Å². The monoisotopic (exact) mass is 913 g/mol. The van der Waals surface area contributed by atoms with E-state index in [1.165, 1.54) is 180 Å². The average Bonchev–Trinajstić information content (AvgIpc) is 3.30. The first-order valence-electron chi connectivity index (χ1n) is 28.5. The Morgan fingerprint density at radius 1 is 0.308 bits per heavy atom. The molecule has 380 valence electrons. The lowest BCUT2D eigenvalue weighted by atomic mass is 10.0. The Hall–Kier alpha value is -2.37. The van der Waals surface area contributed by atoms with Crippen LogP contribution in [0.1, 0.15) is 303 Å². The van der Waals surface area contributed by atoms with Crippen LogP contribution in [-0.4, -0.2) is 37.2 Å². The summed E-state index contributed by atoms with van der Waals surface area (Å²) in [6, 6.07) is 0. The maximum Gasteiger partial charge on any atom is 0.306 e. The molecule has 65 heavy (non-hydrogen) atoms. The molecule has 0 bridgehead atoms. The summed E-state index contributed by atoms with van der Waals surface area (Å²) in [5, 5.41) is 0. The SMILES string of the molecule is CCCCC/C=C/C/C=C/CCCCCCCC(=O)O[C@@H](COC(=O)CCCCCCCCCCC/C=C/CCCCCCCC)COC(=O)CCCCCCCCCCCCCCC. The zero-order chi connectivity index (χ0) is 47.2. The molecular formula is C59H108O6. The van der Waals surface area contributed by atoms with E-state index in [1.54, 1.807) is 0 Å². The fourth-order valence-electron chi connectivity index (χ4n) is 8.29. The summed E-state index contributed by atoms with van der Waals surface area (Å²) >= 11 is 0. The first-order valence-corrected chi connectivity index (χ1v) is 28.5.